The smallest absolute Gasteiger partial charge is 0.330 e. The molecule has 40 nitrogen and oxygen atoms in total. The van der Waals surface area contributed by atoms with Crippen LogP contribution in [0.4, 0.5) is 0 Å². The van der Waals surface area contributed by atoms with Crippen LogP contribution in [0.5, 0.6) is 11.5 Å². The van der Waals surface area contributed by atoms with Gasteiger partial charge in [-0.1, -0.05) is 171 Å². The lowest BCUT2D eigenvalue weighted by atomic mass is 9.78. The summed E-state index contributed by atoms with van der Waals surface area (Å²) in [7, 11) is 0. The maximum absolute atomic E-state index is 11.0. The molecule has 0 aliphatic carbocycles. The van der Waals surface area contributed by atoms with Crippen molar-refractivity contribution in [3.05, 3.63) is 262 Å². The summed E-state index contributed by atoms with van der Waals surface area (Å²) in [5, 5.41) is 0. The van der Waals surface area contributed by atoms with Gasteiger partial charge in [0.1, 0.15) is 70.5 Å². The average Bonchev–Trinajstić information content (AvgIpc) is 0.801. The molecule has 2 rings (SSSR count). The van der Waals surface area contributed by atoms with Gasteiger partial charge >= 0.3 is 95.5 Å². The summed E-state index contributed by atoms with van der Waals surface area (Å²) in [4.78, 5) is 171. The van der Waals surface area contributed by atoms with Crippen LogP contribution in [0.1, 0.15) is 117 Å². The number of ether oxygens (including phenoxy) is 24. The number of rotatable bonds is 76. The van der Waals surface area contributed by atoms with Crippen molar-refractivity contribution in [2.75, 3.05) is 192 Å². The van der Waals surface area contributed by atoms with Crippen LogP contribution in [0.3, 0.4) is 0 Å². The number of esters is 16. The van der Waals surface area contributed by atoms with Crippen LogP contribution >= 0.6 is 0 Å². The van der Waals surface area contributed by atoms with Crippen molar-refractivity contribution < 1.29 is 190 Å². The average molecular weight is 2100 g/mol. The monoisotopic (exact) mass is 2100 g/mol. The number of benzene rings is 2. The molecule has 0 saturated carbocycles. The topological polar surface area (TPSA) is 495 Å². The maximum Gasteiger partial charge on any atom is 0.330 e. The van der Waals surface area contributed by atoms with E-state index in [1.165, 1.54) is 0 Å². The van der Waals surface area contributed by atoms with Crippen LogP contribution in [0.15, 0.2) is 251 Å². The first-order chi connectivity index (χ1) is 71.1. The molecule has 1 unspecified atom stereocenters. The Morgan fingerprint density at radius 3 is 0.631 bits per heavy atom. The van der Waals surface area contributed by atoms with E-state index in [9.17, 15) is 76.7 Å². The molecule has 830 valence electrons. The molecule has 0 spiro atoms. The first-order valence-electron chi connectivity index (χ1n) is 46.7. The highest BCUT2D eigenvalue weighted by atomic mass is 16.6. The van der Waals surface area contributed by atoms with E-state index in [4.69, 9.17) is 104 Å². The molecule has 0 heterocycles. The highest BCUT2D eigenvalue weighted by Gasteiger charge is 2.25. The van der Waals surface area contributed by atoms with Crippen LogP contribution in [0.25, 0.3) is 0 Å². The van der Waals surface area contributed by atoms with Crippen LogP contribution < -0.4 is 9.47 Å². The summed E-state index contributed by atoms with van der Waals surface area (Å²) in [6.07, 6.45) is 24.0. The van der Waals surface area contributed by atoms with Crippen molar-refractivity contribution in [1.29, 1.82) is 0 Å². The van der Waals surface area contributed by atoms with Crippen LogP contribution in [0, 0.1) is 10.8 Å². The molecule has 0 amide bonds. The van der Waals surface area contributed by atoms with Crippen molar-refractivity contribution in [1.82, 2.24) is 0 Å². The molecule has 0 N–H and O–H groups in total. The second kappa shape index (κ2) is 100. The van der Waals surface area contributed by atoms with Crippen molar-refractivity contribution in [3.63, 3.8) is 0 Å². The van der Waals surface area contributed by atoms with Gasteiger partial charge in [-0.25, -0.2) is 76.7 Å². The van der Waals surface area contributed by atoms with Crippen molar-refractivity contribution in [3.8, 4) is 11.5 Å². The fourth-order valence-electron chi connectivity index (χ4n) is 9.10. The zero-order chi connectivity index (χ0) is 113. The molecule has 2 aromatic carbocycles. The summed E-state index contributed by atoms with van der Waals surface area (Å²) in [6.45, 7) is 75.4. The molecule has 149 heavy (non-hydrogen) atoms. The normalized spacial score (nSPS) is 10.1. The second-order valence-electron chi connectivity index (χ2n) is 30.8. The first-order valence-corrected chi connectivity index (χ1v) is 46.7. The molecule has 2 aromatic rings. The van der Waals surface area contributed by atoms with Gasteiger partial charge in [0, 0.05) is 146 Å². The third-order valence-corrected chi connectivity index (χ3v) is 16.8. The van der Waals surface area contributed by atoms with E-state index in [2.05, 4.69) is 129 Å². The SMILES string of the molecule is C=CC(=O)OCC(C)(C)COC(=O)C=C.C=CC(=O)OCCC(C)OC(=O)C=C.C=CC(=O)OCCCCCCOC(=O)C=C.C=CC(=O)OCCCCOC(=O)C=C.C=CC(=O)OCCCOCC(C)(C)COCCCOC(=O)C=C.C=CC(=O)OCCOCCOC(=O)C=C.C=CC(=O)OCCOCCOCCOCCOC(=O)C=C.C=CC(=O)OCCOc1ccc(C(C)(C)c2ccc(OCCOC(=O)C=C)cc2)cc1. The van der Waals surface area contributed by atoms with Gasteiger partial charge in [0.25, 0.3) is 0 Å². The minimum absolute atomic E-state index is 0.115. The van der Waals surface area contributed by atoms with Crippen LogP contribution in [0.2, 0.25) is 0 Å². The molecule has 0 saturated heterocycles. The lowest BCUT2D eigenvalue weighted by Crippen LogP contribution is -2.27. The lowest BCUT2D eigenvalue weighted by Gasteiger charge is -2.26. The number of hydrogen-bond donors (Lipinski definition) is 0. The number of hydrogen-bond acceptors (Lipinski definition) is 40. The molecule has 0 aliphatic rings. The van der Waals surface area contributed by atoms with Gasteiger partial charge in [-0.2, -0.15) is 0 Å². The van der Waals surface area contributed by atoms with Gasteiger partial charge in [-0.3, -0.25) is 0 Å². The molecular formula is C109H154O40. The number of carbonyl (C=O) groups is 16. The third kappa shape index (κ3) is 100. The second-order valence-corrected chi connectivity index (χ2v) is 30.8. The number of unbranched alkanes of at least 4 members (excludes halogenated alkanes) is 4. The van der Waals surface area contributed by atoms with Crippen LogP contribution in [-0.2, 0) is 186 Å². The third-order valence-electron chi connectivity index (χ3n) is 16.8. The Balaban J connectivity index is -0.000000399. The summed E-state index contributed by atoms with van der Waals surface area (Å²) >= 11 is 0. The van der Waals surface area contributed by atoms with Crippen molar-refractivity contribution in [2.24, 2.45) is 10.8 Å². The summed E-state index contributed by atoms with van der Waals surface area (Å²) in [6, 6.07) is 15.7. The Morgan fingerprint density at radius 2 is 0.396 bits per heavy atom. The fourth-order valence-corrected chi connectivity index (χ4v) is 9.10. The minimum Gasteiger partial charge on any atom is -0.490 e. The van der Waals surface area contributed by atoms with E-state index in [0.29, 0.717) is 149 Å². The standard InChI is InChI=1S/C25H28O6.C17H28O6.C14H22O7.C12H18O4.C11H16O4.C10H14O5.2C10H14O4/c1-5-23(26)30-17-15-28-21-11-7-19(8-12-21)25(3,4)20-9-13-22(14-10-20)29-16-18-31-24(27)6-2;1-5-15(18)22-11-7-9-20-13-17(3,4)14-21-10-8-12-23-16(19)6-2;1-3-13(15)20-11-9-18-7-5-17-6-8-19-10-12-21-14(16)4-2;1-3-11(13)15-9-7-5-6-8-10-16-12(14)4-2;1-5-9(12)14-7-11(3,4)8-15-10(13)6-2;1-3-9(11)14-7-5-13-6-8-15-10(12)4-2;1-4-9(11)13-7-6-8(3)14-10(12)5-2;1-3-9(11)13-7-5-6-8-14-10(12)4-2/h5-14H,1-2,15-18H2,3-4H3;5-6H,1-2,7-14H2,3-4H3;3-4H,1-2,5-12H2;3-4H,1-2,5-10H2;5-6H,1-2,7-8H2,3-4H3;3-4H,1-2,5-8H2;4-5,8H,1-2,6-7H2,3H3;3-4H,1-2,5-8H2. The highest BCUT2D eigenvalue weighted by Crippen LogP contribution is 2.34. The van der Waals surface area contributed by atoms with Crippen LogP contribution in [-0.4, -0.2) is 293 Å². The zero-order valence-corrected chi connectivity index (χ0v) is 87.4. The van der Waals surface area contributed by atoms with Crippen molar-refractivity contribution >= 4 is 95.5 Å². The molecule has 0 aliphatic heterocycles. The zero-order valence-electron chi connectivity index (χ0n) is 87.4. The first kappa shape index (κ1) is 145. The molecule has 0 aromatic heterocycles. The lowest BCUT2D eigenvalue weighted by molar-refractivity contribution is -0.147. The van der Waals surface area contributed by atoms with Gasteiger partial charge in [0.05, 0.1) is 126 Å². The van der Waals surface area contributed by atoms with Gasteiger partial charge in [-0.05, 0) is 80.8 Å². The molecule has 0 fully saturated rings. The van der Waals surface area contributed by atoms with E-state index < -0.39 is 89.0 Å². The fraction of sp³-hybridized carbons (Fsp3) is 0.450. The molecular weight excluding hydrogens is 1950 g/mol. The Morgan fingerprint density at radius 1 is 0.208 bits per heavy atom. The summed E-state index contributed by atoms with van der Waals surface area (Å²) in [5.74, 6) is -5.86. The Hall–Kier alpha value is -14.8. The maximum atomic E-state index is 11.0. The van der Waals surface area contributed by atoms with E-state index in [0.717, 1.165) is 134 Å². The minimum atomic E-state index is -0.489. The predicted molar refractivity (Wildman–Crippen MR) is 553 cm³/mol. The van der Waals surface area contributed by atoms with Gasteiger partial charge in [0.2, 0.25) is 0 Å². The van der Waals surface area contributed by atoms with Gasteiger partial charge in [-0.15, -0.1) is 0 Å². The van der Waals surface area contributed by atoms with E-state index in [1.54, 1.807) is 6.92 Å². The largest absolute Gasteiger partial charge is 0.490 e. The molecule has 0 radical (unpaired) electrons. The highest BCUT2D eigenvalue weighted by molar-refractivity contribution is 5.86. The van der Waals surface area contributed by atoms with E-state index in [-0.39, 0.29) is 115 Å². The van der Waals surface area contributed by atoms with E-state index >= 15 is 0 Å². The van der Waals surface area contributed by atoms with Gasteiger partial charge in [0.15, 0.2) is 0 Å². The molecule has 0 bridgehead atoms. The Kier molecular flexibility index (Phi) is 97.6. The predicted octanol–water partition coefficient (Wildman–Crippen LogP) is 13.4. The van der Waals surface area contributed by atoms with Crippen molar-refractivity contribution in [2.45, 2.75) is 118 Å². The van der Waals surface area contributed by atoms with E-state index in [1.807, 2.05) is 76.2 Å². The Labute approximate surface area is 875 Å². The number of carbonyl (C=O) groups excluding carboxylic acids is 16. The molecule has 1 atom stereocenters. The van der Waals surface area contributed by atoms with Gasteiger partial charge < -0.3 is 114 Å². The Bertz CT molecular complexity index is 4080. The quantitative estimate of drug-likeness (QED) is 0.0257. The molecule has 40 heteroatoms. The summed E-state index contributed by atoms with van der Waals surface area (Å²) in [5.41, 5.74) is 1.49. The summed E-state index contributed by atoms with van der Waals surface area (Å²) < 4.78 is 119.